The van der Waals surface area contributed by atoms with E-state index in [0.717, 1.165) is 17.6 Å². The quantitative estimate of drug-likeness (QED) is 0.352. The number of hydrogen-bond donors (Lipinski definition) is 0. The van der Waals surface area contributed by atoms with Crippen molar-refractivity contribution >= 4 is 37.9 Å². The maximum atomic E-state index is 6.79. The fraction of sp³-hybridized carbons (Fsp3) is 0.586. The van der Waals surface area contributed by atoms with Gasteiger partial charge < -0.3 is 4.42 Å². The summed E-state index contributed by atoms with van der Waals surface area (Å²) in [7, 11) is 0. The topological polar surface area (TPSA) is 13.1 Å². The zero-order valence-corrected chi connectivity index (χ0v) is 23.3. The summed E-state index contributed by atoms with van der Waals surface area (Å²) in [6, 6.07) is 7.15. The van der Waals surface area contributed by atoms with Crippen LogP contribution in [0.5, 0.6) is 0 Å². The van der Waals surface area contributed by atoms with Gasteiger partial charge in [0.2, 0.25) is 0 Å². The Morgan fingerprint density at radius 1 is 0.677 bits per heavy atom. The van der Waals surface area contributed by atoms with Crippen molar-refractivity contribution in [3.63, 3.8) is 0 Å². The van der Waals surface area contributed by atoms with E-state index in [-0.39, 0.29) is 21.7 Å². The molecule has 0 amide bonds. The Bertz CT molecular complexity index is 1140. The fourth-order valence-corrected chi connectivity index (χ4v) is 5.37. The van der Waals surface area contributed by atoms with Crippen LogP contribution in [0.25, 0.3) is 21.9 Å². The molecule has 0 atom stereocenters. The Labute approximate surface area is 198 Å². The summed E-state index contributed by atoms with van der Waals surface area (Å²) in [6.07, 6.45) is 1.10. The van der Waals surface area contributed by atoms with Gasteiger partial charge in [-0.15, -0.1) is 0 Å². The summed E-state index contributed by atoms with van der Waals surface area (Å²) in [4.78, 5) is 0. The van der Waals surface area contributed by atoms with E-state index < -0.39 is 0 Å². The standard InChI is InChI=1S/C29H41BrO/c1-13-29(11,12)17-14-18-22-23(30)19(26(2,3)4)16-21(28(8,9)10)25(22)31-24(18)20(15-17)27(5,6)7/h14-16H,13H2,1-12H3. The summed E-state index contributed by atoms with van der Waals surface area (Å²) < 4.78 is 7.96. The smallest absolute Gasteiger partial charge is 0.140 e. The third kappa shape index (κ3) is 4.22. The Kier molecular flexibility index (Phi) is 5.79. The summed E-state index contributed by atoms with van der Waals surface area (Å²) in [5.41, 5.74) is 7.49. The van der Waals surface area contributed by atoms with E-state index in [9.17, 15) is 0 Å². The third-order valence-corrected chi connectivity index (χ3v) is 7.69. The van der Waals surface area contributed by atoms with Crippen molar-refractivity contribution in [1.82, 2.24) is 0 Å². The van der Waals surface area contributed by atoms with Gasteiger partial charge in [0.15, 0.2) is 0 Å². The van der Waals surface area contributed by atoms with Crippen molar-refractivity contribution in [2.45, 2.75) is 111 Å². The Hall–Kier alpha value is -1.28. The van der Waals surface area contributed by atoms with Crippen molar-refractivity contribution in [3.8, 4) is 0 Å². The lowest BCUT2D eigenvalue weighted by Gasteiger charge is -2.27. The van der Waals surface area contributed by atoms with Crippen molar-refractivity contribution in [2.75, 3.05) is 0 Å². The highest BCUT2D eigenvalue weighted by Gasteiger charge is 2.32. The fourth-order valence-electron chi connectivity index (χ4n) is 4.27. The molecule has 0 aliphatic carbocycles. The molecule has 0 aliphatic heterocycles. The van der Waals surface area contributed by atoms with Crippen LogP contribution >= 0.6 is 15.9 Å². The molecule has 0 bridgehead atoms. The monoisotopic (exact) mass is 484 g/mol. The second-order valence-electron chi connectivity index (χ2n) is 13.0. The lowest BCUT2D eigenvalue weighted by molar-refractivity contribution is 0.502. The summed E-state index contributed by atoms with van der Waals surface area (Å²) in [5, 5.41) is 2.47. The molecule has 1 aromatic heterocycles. The first-order valence-corrected chi connectivity index (χ1v) is 12.4. The van der Waals surface area contributed by atoms with Gasteiger partial charge in [-0.05, 0) is 67.3 Å². The van der Waals surface area contributed by atoms with Crippen molar-refractivity contribution < 1.29 is 4.42 Å². The SMILES string of the molecule is CCC(C)(C)c1cc(C(C)(C)C)c2oc3c(C(C)(C)C)cc(C(C)(C)C)c(Br)c3c2c1. The molecule has 0 N–H and O–H groups in total. The van der Waals surface area contributed by atoms with Crippen LogP contribution in [0, 0.1) is 0 Å². The maximum absolute atomic E-state index is 6.79. The minimum atomic E-state index is -0.0136. The van der Waals surface area contributed by atoms with Gasteiger partial charge in [-0.1, -0.05) is 89.2 Å². The van der Waals surface area contributed by atoms with E-state index in [2.05, 4.69) is 117 Å². The van der Waals surface area contributed by atoms with Crippen LogP contribution in [-0.2, 0) is 21.7 Å². The molecular formula is C29H41BrO. The molecule has 1 heterocycles. The Morgan fingerprint density at radius 3 is 1.61 bits per heavy atom. The molecule has 3 rings (SSSR count). The van der Waals surface area contributed by atoms with Crippen molar-refractivity contribution in [2.24, 2.45) is 0 Å². The highest BCUT2D eigenvalue weighted by molar-refractivity contribution is 9.10. The summed E-state index contributed by atoms with van der Waals surface area (Å²) in [5.74, 6) is 0. The van der Waals surface area contributed by atoms with E-state index in [1.165, 1.54) is 37.5 Å². The van der Waals surface area contributed by atoms with Crippen LogP contribution in [0.1, 0.15) is 112 Å². The number of rotatable bonds is 2. The van der Waals surface area contributed by atoms with Crippen LogP contribution in [0.3, 0.4) is 0 Å². The molecule has 1 nitrogen and oxygen atoms in total. The predicted molar refractivity (Wildman–Crippen MR) is 141 cm³/mol. The molecule has 0 spiro atoms. The minimum Gasteiger partial charge on any atom is -0.455 e. The molecule has 0 saturated carbocycles. The maximum Gasteiger partial charge on any atom is 0.140 e. The molecule has 2 heteroatoms. The normalized spacial score (nSPS) is 14.1. The van der Waals surface area contributed by atoms with Gasteiger partial charge in [-0.2, -0.15) is 0 Å². The summed E-state index contributed by atoms with van der Waals surface area (Å²) in [6.45, 7) is 27.6. The van der Waals surface area contributed by atoms with Gasteiger partial charge >= 0.3 is 0 Å². The van der Waals surface area contributed by atoms with E-state index in [1.54, 1.807) is 0 Å². The van der Waals surface area contributed by atoms with Gasteiger partial charge in [0.1, 0.15) is 11.2 Å². The average molecular weight is 486 g/mol. The van der Waals surface area contributed by atoms with E-state index >= 15 is 0 Å². The number of furan rings is 1. The molecule has 31 heavy (non-hydrogen) atoms. The lowest BCUT2D eigenvalue weighted by Crippen LogP contribution is -2.18. The van der Waals surface area contributed by atoms with Gasteiger partial charge in [0, 0.05) is 26.4 Å². The van der Waals surface area contributed by atoms with Gasteiger partial charge in [-0.3, -0.25) is 0 Å². The zero-order chi connectivity index (χ0) is 23.7. The Balaban J connectivity index is 2.65. The van der Waals surface area contributed by atoms with Crippen LogP contribution in [-0.4, -0.2) is 0 Å². The molecule has 0 fully saturated rings. The average Bonchev–Trinajstić information content (AvgIpc) is 2.97. The largest absolute Gasteiger partial charge is 0.455 e. The highest BCUT2D eigenvalue weighted by Crippen LogP contribution is 2.48. The minimum absolute atomic E-state index is 0.00676. The van der Waals surface area contributed by atoms with Crippen LogP contribution in [0.2, 0.25) is 0 Å². The first-order valence-electron chi connectivity index (χ1n) is 11.6. The second-order valence-corrected chi connectivity index (χ2v) is 13.8. The molecule has 0 radical (unpaired) electrons. The predicted octanol–water partition coefficient (Wildman–Crippen LogP) is 9.93. The van der Waals surface area contributed by atoms with Crippen LogP contribution < -0.4 is 0 Å². The lowest BCUT2D eigenvalue weighted by atomic mass is 9.76. The Morgan fingerprint density at radius 2 is 1.16 bits per heavy atom. The molecule has 2 aromatic carbocycles. The molecule has 3 aromatic rings. The van der Waals surface area contributed by atoms with E-state index in [1.807, 2.05) is 0 Å². The third-order valence-electron chi connectivity index (χ3n) is 6.87. The first-order chi connectivity index (χ1) is 13.9. The number of benzene rings is 2. The molecule has 170 valence electrons. The molecular weight excluding hydrogens is 444 g/mol. The van der Waals surface area contributed by atoms with Gasteiger partial charge in [-0.25, -0.2) is 0 Å². The van der Waals surface area contributed by atoms with Gasteiger partial charge in [0.25, 0.3) is 0 Å². The van der Waals surface area contributed by atoms with E-state index in [4.69, 9.17) is 4.42 Å². The van der Waals surface area contributed by atoms with Crippen LogP contribution in [0.4, 0.5) is 0 Å². The zero-order valence-electron chi connectivity index (χ0n) is 21.7. The summed E-state index contributed by atoms with van der Waals surface area (Å²) >= 11 is 4.03. The number of fused-ring (bicyclic) bond motifs is 3. The molecule has 0 aliphatic rings. The van der Waals surface area contributed by atoms with E-state index in [0.29, 0.717) is 0 Å². The van der Waals surface area contributed by atoms with Gasteiger partial charge in [0.05, 0.1) is 0 Å². The molecule has 0 saturated heterocycles. The first kappa shape index (κ1) is 24.4. The second kappa shape index (κ2) is 7.37. The van der Waals surface area contributed by atoms with Crippen molar-refractivity contribution in [3.05, 3.63) is 44.9 Å². The number of hydrogen-bond acceptors (Lipinski definition) is 1. The van der Waals surface area contributed by atoms with Crippen molar-refractivity contribution in [1.29, 1.82) is 0 Å². The molecule has 0 unspecified atom stereocenters. The van der Waals surface area contributed by atoms with Crippen LogP contribution in [0.15, 0.2) is 27.1 Å². The number of halogens is 1. The highest BCUT2D eigenvalue weighted by atomic mass is 79.9.